The van der Waals surface area contributed by atoms with E-state index < -0.39 is 0 Å². The average Bonchev–Trinajstić information content (AvgIpc) is 2.53. The highest BCUT2D eigenvalue weighted by Gasteiger charge is 2.29. The van der Waals surface area contributed by atoms with Crippen molar-refractivity contribution in [2.45, 2.75) is 38.6 Å². The minimum atomic E-state index is -0.127. The van der Waals surface area contributed by atoms with E-state index in [1.165, 1.54) is 0 Å². The molecule has 1 aromatic rings. The molecule has 0 aliphatic carbocycles. The van der Waals surface area contributed by atoms with Crippen LogP contribution < -0.4 is 15.5 Å². The summed E-state index contributed by atoms with van der Waals surface area (Å²) in [5, 5.41) is 5.81. The molecule has 2 heterocycles. The number of carbonyl (C=O) groups excluding carboxylic acids is 1. The molecule has 1 atom stereocenters. The number of amides is 1. The zero-order chi connectivity index (χ0) is 14.5. The maximum absolute atomic E-state index is 12.0. The van der Waals surface area contributed by atoms with Gasteiger partial charge in [0.1, 0.15) is 23.5 Å². The molecule has 1 aromatic heterocycles. The molecule has 1 aliphatic heterocycles. The number of aromatic nitrogens is 2. The third kappa shape index (κ3) is 3.00. The maximum atomic E-state index is 12.0. The van der Waals surface area contributed by atoms with Crippen molar-refractivity contribution in [3.05, 3.63) is 11.9 Å². The van der Waals surface area contributed by atoms with Gasteiger partial charge in [0.25, 0.3) is 0 Å². The van der Waals surface area contributed by atoms with E-state index in [4.69, 9.17) is 0 Å². The van der Waals surface area contributed by atoms with Gasteiger partial charge in [0, 0.05) is 33.1 Å². The van der Waals surface area contributed by atoms with Crippen LogP contribution in [0.5, 0.6) is 0 Å². The van der Waals surface area contributed by atoms with E-state index >= 15 is 0 Å². The van der Waals surface area contributed by atoms with Gasteiger partial charge in [0.15, 0.2) is 0 Å². The van der Waals surface area contributed by atoms with Crippen molar-refractivity contribution in [1.29, 1.82) is 0 Å². The van der Waals surface area contributed by atoms with Crippen LogP contribution in [0.3, 0.4) is 0 Å². The highest BCUT2D eigenvalue weighted by atomic mass is 16.2. The van der Waals surface area contributed by atoms with Crippen molar-refractivity contribution in [3.63, 3.8) is 0 Å². The zero-order valence-corrected chi connectivity index (χ0v) is 12.4. The molecule has 0 bridgehead atoms. The van der Waals surface area contributed by atoms with Gasteiger partial charge in [-0.15, -0.1) is 0 Å². The first kappa shape index (κ1) is 14.6. The van der Waals surface area contributed by atoms with Crippen molar-refractivity contribution in [2.75, 3.05) is 30.9 Å². The summed E-state index contributed by atoms with van der Waals surface area (Å²) in [6, 6.07) is 1.79. The first-order valence-electron chi connectivity index (χ1n) is 7.23. The molecule has 1 fully saturated rings. The Balaban J connectivity index is 2.33. The second kappa shape index (κ2) is 6.54. The second-order valence-electron chi connectivity index (χ2n) is 4.95. The highest BCUT2D eigenvalue weighted by molar-refractivity contribution is 5.85. The first-order chi connectivity index (χ1) is 9.69. The molecular weight excluding hydrogens is 254 g/mol. The Morgan fingerprint density at radius 1 is 1.40 bits per heavy atom. The van der Waals surface area contributed by atoms with E-state index in [-0.39, 0.29) is 11.9 Å². The molecule has 2 N–H and O–H groups in total. The Morgan fingerprint density at radius 3 is 2.85 bits per heavy atom. The average molecular weight is 277 g/mol. The van der Waals surface area contributed by atoms with Gasteiger partial charge in [-0.05, 0) is 19.3 Å². The number of carbonyl (C=O) groups is 1. The summed E-state index contributed by atoms with van der Waals surface area (Å²) in [7, 11) is 3.53. The van der Waals surface area contributed by atoms with E-state index in [1.54, 1.807) is 7.05 Å². The predicted octanol–water partition coefficient (Wildman–Crippen LogP) is 1.19. The van der Waals surface area contributed by atoms with Gasteiger partial charge in [-0.2, -0.15) is 0 Å². The molecule has 0 saturated carbocycles. The lowest BCUT2D eigenvalue weighted by molar-refractivity contribution is -0.122. The highest BCUT2D eigenvalue weighted by Crippen LogP contribution is 2.25. The van der Waals surface area contributed by atoms with Crippen LogP contribution in [0.2, 0.25) is 0 Å². The third-order valence-corrected chi connectivity index (χ3v) is 3.68. The van der Waals surface area contributed by atoms with Crippen molar-refractivity contribution < 1.29 is 4.79 Å². The summed E-state index contributed by atoms with van der Waals surface area (Å²) in [6.07, 6.45) is 3.83. The molecule has 0 radical (unpaired) electrons. The van der Waals surface area contributed by atoms with Crippen molar-refractivity contribution in [2.24, 2.45) is 0 Å². The van der Waals surface area contributed by atoms with Crippen molar-refractivity contribution in [3.8, 4) is 0 Å². The molecule has 20 heavy (non-hydrogen) atoms. The van der Waals surface area contributed by atoms with Gasteiger partial charge >= 0.3 is 0 Å². The van der Waals surface area contributed by atoms with E-state index in [1.807, 2.05) is 20.0 Å². The molecule has 0 aromatic carbocycles. The number of hydrogen-bond acceptors (Lipinski definition) is 5. The SMILES string of the molecule is CCc1nc(NC)cc(N2CCCCC2C(=O)NC)n1. The fraction of sp³-hybridized carbons (Fsp3) is 0.643. The van der Waals surface area contributed by atoms with Gasteiger partial charge in [-0.25, -0.2) is 9.97 Å². The fourth-order valence-corrected chi connectivity index (χ4v) is 2.56. The Kier molecular flexibility index (Phi) is 4.76. The van der Waals surface area contributed by atoms with Gasteiger partial charge in [0.05, 0.1) is 0 Å². The number of hydrogen-bond donors (Lipinski definition) is 2. The molecule has 6 nitrogen and oxygen atoms in total. The normalized spacial score (nSPS) is 18.8. The van der Waals surface area contributed by atoms with E-state index in [0.29, 0.717) is 0 Å². The second-order valence-corrected chi connectivity index (χ2v) is 4.95. The predicted molar refractivity (Wildman–Crippen MR) is 80.0 cm³/mol. The fourth-order valence-electron chi connectivity index (χ4n) is 2.56. The minimum Gasteiger partial charge on any atom is -0.373 e. The van der Waals surface area contributed by atoms with Crippen molar-refractivity contribution >= 4 is 17.5 Å². The molecule has 1 aliphatic rings. The number of nitrogens with one attached hydrogen (secondary N) is 2. The number of nitrogens with zero attached hydrogens (tertiary/aromatic N) is 3. The Hall–Kier alpha value is -1.85. The molecule has 110 valence electrons. The van der Waals surface area contributed by atoms with Crippen LogP contribution in [0.1, 0.15) is 32.0 Å². The number of aryl methyl sites for hydroxylation is 1. The Labute approximate surface area is 120 Å². The molecule has 0 spiro atoms. The molecular formula is C14H23N5O. The van der Waals surface area contributed by atoms with Gasteiger partial charge in [0.2, 0.25) is 5.91 Å². The third-order valence-electron chi connectivity index (χ3n) is 3.68. The summed E-state index contributed by atoms with van der Waals surface area (Å²) in [6.45, 7) is 2.90. The molecule has 1 unspecified atom stereocenters. The van der Waals surface area contributed by atoms with Crippen LogP contribution in [-0.4, -0.2) is 42.6 Å². The monoisotopic (exact) mass is 277 g/mol. The van der Waals surface area contributed by atoms with Gasteiger partial charge in [-0.1, -0.05) is 6.92 Å². The molecule has 6 heteroatoms. The standard InChI is InChI=1S/C14H23N5O/c1-4-11-17-12(15-2)9-13(18-11)19-8-6-5-7-10(19)14(20)16-3/h9-10H,4-8H2,1-3H3,(H,16,20)(H,15,17,18). The molecule has 1 amide bonds. The van der Waals surface area contributed by atoms with Crippen LogP contribution in [0.4, 0.5) is 11.6 Å². The summed E-state index contributed by atoms with van der Waals surface area (Å²) < 4.78 is 0. The Bertz CT molecular complexity index is 454. The van der Waals surface area contributed by atoms with E-state index in [0.717, 1.165) is 49.7 Å². The van der Waals surface area contributed by atoms with Crippen LogP contribution in [-0.2, 0) is 11.2 Å². The quantitative estimate of drug-likeness (QED) is 0.865. The van der Waals surface area contributed by atoms with E-state index in [2.05, 4.69) is 25.5 Å². The summed E-state index contributed by atoms with van der Waals surface area (Å²) in [5.74, 6) is 2.50. The number of rotatable bonds is 4. The van der Waals surface area contributed by atoms with Crippen LogP contribution in [0.15, 0.2) is 6.07 Å². The maximum Gasteiger partial charge on any atom is 0.242 e. The number of anilines is 2. The largest absolute Gasteiger partial charge is 0.373 e. The topological polar surface area (TPSA) is 70.2 Å². The summed E-state index contributed by atoms with van der Waals surface area (Å²) >= 11 is 0. The molecule has 1 saturated heterocycles. The minimum absolute atomic E-state index is 0.0624. The lowest BCUT2D eigenvalue weighted by Gasteiger charge is -2.35. The summed E-state index contributed by atoms with van der Waals surface area (Å²) in [5.41, 5.74) is 0. The first-order valence-corrected chi connectivity index (χ1v) is 7.23. The van der Waals surface area contributed by atoms with E-state index in [9.17, 15) is 4.79 Å². The zero-order valence-electron chi connectivity index (χ0n) is 12.4. The van der Waals surface area contributed by atoms with Crippen LogP contribution in [0.25, 0.3) is 0 Å². The lowest BCUT2D eigenvalue weighted by atomic mass is 10.0. The van der Waals surface area contributed by atoms with Crippen molar-refractivity contribution in [1.82, 2.24) is 15.3 Å². The lowest BCUT2D eigenvalue weighted by Crippen LogP contribution is -2.49. The smallest absolute Gasteiger partial charge is 0.242 e. The summed E-state index contributed by atoms with van der Waals surface area (Å²) in [4.78, 5) is 23.1. The molecule has 2 rings (SSSR count). The Morgan fingerprint density at radius 2 is 2.20 bits per heavy atom. The van der Waals surface area contributed by atoms with Gasteiger partial charge in [-0.3, -0.25) is 4.79 Å². The number of likely N-dealkylation sites (N-methyl/N-ethyl adjacent to an activating group) is 1. The van der Waals surface area contributed by atoms with Gasteiger partial charge < -0.3 is 15.5 Å². The van der Waals surface area contributed by atoms with Crippen LogP contribution in [0, 0.1) is 0 Å². The van der Waals surface area contributed by atoms with Crippen LogP contribution >= 0.6 is 0 Å². The number of piperidine rings is 1.